The van der Waals surface area contributed by atoms with E-state index in [0.717, 1.165) is 29.9 Å². The highest BCUT2D eigenvalue weighted by atomic mass is 14.9. The Kier molecular flexibility index (Phi) is 6.69. The first-order valence-electron chi connectivity index (χ1n) is 6.55. The first kappa shape index (κ1) is 15.6. The molecule has 20 heavy (non-hydrogen) atoms. The van der Waals surface area contributed by atoms with E-state index in [9.17, 15) is 0 Å². The maximum atomic E-state index is 3.97. The summed E-state index contributed by atoms with van der Waals surface area (Å²) in [5.41, 5.74) is 3.53. The van der Waals surface area contributed by atoms with Gasteiger partial charge in [-0.2, -0.15) is 0 Å². The fourth-order valence-electron chi connectivity index (χ4n) is 1.63. The van der Waals surface area contributed by atoms with Crippen LogP contribution >= 0.6 is 0 Å². The van der Waals surface area contributed by atoms with Crippen molar-refractivity contribution in [2.24, 2.45) is 0 Å². The highest BCUT2D eigenvalue weighted by Gasteiger charge is 1.98. The van der Waals surface area contributed by atoms with Crippen LogP contribution in [0.2, 0.25) is 0 Å². The van der Waals surface area contributed by atoms with Crippen molar-refractivity contribution in [2.45, 2.75) is 12.8 Å². The summed E-state index contributed by atoms with van der Waals surface area (Å²) in [5, 5.41) is 6.34. The van der Waals surface area contributed by atoms with Gasteiger partial charge in [0, 0.05) is 22.8 Å². The first-order chi connectivity index (χ1) is 9.61. The molecule has 2 nitrogen and oxygen atoms in total. The third-order valence-corrected chi connectivity index (χ3v) is 2.58. The van der Waals surface area contributed by atoms with Crippen LogP contribution in [-0.4, -0.2) is 0 Å². The molecule has 1 aliphatic rings. The van der Waals surface area contributed by atoms with Gasteiger partial charge in [0.15, 0.2) is 0 Å². The van der Waals surface area contributed by atoms with Gasteiger partial charge in [-0.15, -0.1) is 0 Å². The van der Waals surface area contributed by atoms with Gasteiger partial charge in [-0.25, -0.2) is 0 Å². The summed E-state index contributed by atoms with van der Waals surface area (Å²) in [6.45, 7) is 15.3. The maximum absolute atomic E-state index is 3.97. The van der Waals surface area contributed by atoms with Crippen LogP contribution in [0.25, 0.3) is 0 Å². The average molecular weight is 266 g/mol. The zero-order valence-corrected chi connectivity index (χ0v) is 11.9. The van der Waals surface area contributed by atoms with E-state index < -0.39 is 0 Å². The summed E-state index contributed by atoms with van der Waals surface area (Å²) < 4.78 is 0. The summed E-state index contributed by atoms with van der Waals surface area (Å²) in [4.78, 5) is 0. The molecule has 0 radical (unpaired) electrons. The second kappa shape index (κ2) is 8.59. The molecule has 0 saturated heterocycles. The van der Waals surface area contributed by atoms with E-state index >= 15 is 0 Å². The Morgan fingerprint density at radius 3 is 2.40 bits per heavy atom. The number of allylic oxidation sites excluding steroid dienone is 9. The van der Waals surface area contributed by atoms with E-state index in [4.69, 9.17) is 0 Å². The van der Waals surface area contributed by atoms with Crippen LogP contribution in [-0.2, 0) is 0 Å². The third-order valence-electron chi connectivity index (χ3n) is 2.58. The minimum absolute atomic E-state index is 0.754. The molecule has 0 saturated carbocycles. The minimum Gasteiger partial charge on any atom is -0.359 e. The molecule has 0 aromatic carbocycles. The number of rotatable bonds is 8. The molecule has 1 aliphatic carbocycles. The maximum Gasteiger partial charge on any atom is 0.0311 e. The molecule has 0 heterocycles. The molecule has 104 valence electrons. The molecule has 0 fully saturated rings. The van der Waals surface area contributed by atoms with E-state index in [0.29, 0.717) is 0 Å². The molecule has 0 amide bonds. The van der Waals surface area contributed by atoms with Gasteiger partial charge in [0.05, 0.1) is 0 Å². The molecule has 0 aromatic heterocycles. The lowest BCUT2D eigenvalue weighted by Crippen LogP contribution is -2.12. The SMILES string of the molecule is C=C/C=C\C(=C)NC(=C)/C=C\C(=C)NC1=CC=CCC1. The molecule has 0 atom stereocenters. The fourth-order valence-corrected chi connectivity index (χ4v) is 1.63. The van der Waals surface area contributed by atoms with Crippen LogP contribution in [0.3, 0.4) is 0 Å². The Labute approximate surface area is 122 Å². The molecule has 0 spiro atoms. The Morgan fingerprint density at radius 1 is 1.05 bits per heavy atom. The summed E-state index contributed by atoms with van der Waals surface area (Å²) >= 11 is 0. The highest BCUT2D eigenvalue weighted by Crippen LogP contribution is 2.10. The van der Waals surface area contributed by atoms with Crippen LogP contribution in [0.4, 0.5) is 0 Å². The largest absolute Gasteiger partial charge is 0.359 e. The van der Waals surface area contributed by atoms with Crippen molar-refractivity contribution in [3.8, 4) is 0 Å². The fraction of sp³-hybridized carbons (Fsp3) is 0.111. The van der Waals surface area contributed by atoms with Crippen molar-refractivity contribution < 1.29 is 0 Å². The average Bonchev–Trinajstić information content (AvgIpc) is 2.44. The Balaban J connectivity index is 2.40. The van der Waals surface area contributed by atoms with Crippen LogP contribution in [0.5, 0.6) is 0 Å². The predicted molar refractivity (Wildman–Crippen MR) is 88.6 cm³/mol. The van der Waals surface area contributed by atoms with Crippen molar-refractivity contribution >= 4 is 0 Å². The lowest BCUT2D eigenvalue weighted by atomic mass is 10.1. The van der Waals surface area contributed by atoms with Gasteiger partial charge in [-0.1, -0.05) is 50.6 Å². The summed E-state index contributed by atoms with van der Waals surface area (Å²) in [6.07, 6.45) is 17.5. The molecule has 0 aliphatic heterocycles. The minimum atomic E-state index is 0.754. The molecule has 2 N–H and O–H groups in total. The third kappa shape index (κ3) is 6.45. The zero-order chi connectivity index (χ0) is 14.8. The van der Waals surface area contributed by atoms with Crippen molar-refractivity contribution in [1.29, 1.82) is 0 Å². The van der Waals surface area contributed by atoms with Gasteiger partial charge >= 0.3 is 0 Å². The molecular formula is C18H22N2. The second-order valence-electron chi connectivity index (χ2n) is 4.41. The quantitative estimate of drug-likeness (QED) is 0.642. The molecular weight excluding hydrogens is 244 g/mol. The molecule has 0 bridgehead atoms. The van der Waals surface area contributed by atoms with Crippen LogP contribution in [0, 0.1) is 0 Å². The van der Waals surface area contributed by atoms with Crippen molar-refractivity contribution in [3.05, 3.63) is 97.7 Å². The van der Waals surface area contributed by atoms with Gasteiger partial charge in [-0.05, 0) is 37.1 Å². The lowest BCUT2D eigenvalue weighted by molar-refractivity contribution is 0.852. The Morgan fingerprint density at radius 2 is 1.75 bits per heavy atom. The van der Waals surface area contributed by atoms with E-state index in [1.54, 1.807) is 6.08 Å². The summed E-state index contributed by atoms with van der Waals surface area (Å²) in [6, 6.07) is 0. The highest BCUT2D eigenvalue weighted by molar-refractivity contribution is 5.30. The van der Waals surface area contributed by atoms with E-state index in [2.05, 4.69) is 55.2 Å². The lowest BCUT2D eigenvalue weighted by Gasteiger charge is -2.12. The van der Waals surface area contributed by atoms with E-state index in [1.165, 1.54) is 5.70 Å². The topological polar surface area (TPSA) is 24.1 Å². The molecule has 0 aromatic rings. The Bertz CT molecular complexity index is 514. The molecule has 2 heteroatoms. The summed E-state index contributed by atoms with van der Waals surface area (Å²) in [5.74, 6) is 0. The number of nitrogens with one attached hydrogen (secondary N) is 2. The van der Waals surface area contributed by atoms with Crippen LogP contribution < -0.4 is 10.6 Å². The zero-order valence-electron chi connectivity index (χ0n) is 11.9. The standard InChI is InChI=1S/C18H22N2/c1-5-6-10-15(2)19-16(3)13-14-17(4)20-18-11-8-7-9-12-18/h5-8,10-11,13-14,19-20H,1-4,9,12H2/b10-6-,14-13-. The second-order valence-corrected chi connectivity index (χ2v) is 4.41. The monoisotopic (exact) mass is 266 g/mol. The first-order valence-corrected chi connectivity index (χ1v) is 6.55. The number of hydrogen-bond acceptors (Lipinski definition) is 2. The van der Waals surface area contributed by atoms with E-state index in [1.807, 2.05) is 24.3 Å². The van der Waals surface area contributed by atoms with Gasteiger partial charge in [0.1, 0.15) is 0 Å². The smallest absolute Gasteiger partial charge is 0.0311 e. The summed E-state index contributed by atoms with van der Waals surface area (Å²) in [7, 11) is 0. The van der Waals surface area contributed by atoms with Gasteiger partial charge in [-0.3, -0.25) is 0 Å². The van der Waals surface area contributed by atoms with Gasteiger partial charge < -0.3 is 10.6 Å². The van der Waals surface area contributed by atoms with Crippen LogP contribution in [0.1, 0.15) is 12.8 Å². The van der Waals surface area contributed by atoms with Gasteiger partial charge in [0.25, 0.3) is 0 Å². The van der Waals surface area contributed by atoms with E-state index in [-0.39, 0.29) is 0 Å². The normalized spacial score (nSPS) is 14.1. The predicted octanol–water partition coefficient (Wildman–Crippen LogP) is 4.24. The Hall–Kier alpha value is -2.48. The van der Waals surface area contributed by atoms with Crippen LogP contribution in [0.15, 0.2) is 97.7 Å². The molecule has 0 unspecified atom stereocenters. The molecule has 1 rings (SSSR count). The van der Waals surface area contributed by atoms with Gasteiger partial charge in [0.2, 0.25) is 0 Å². The number of hydrogen-bond donors (Lipinski definition) is 2. The van der Waals surface area contributed by atoms with Crippen molar-refractivity contribution in [1.82, 2.24) is 10.6 Å². The van der Waals surface area contributed by atoms with Crippen molar-refractivity contribution in [3.63, 3.8) is 0 Å². The van der Waals surface area contributed by atoms with Crippen molar-refractivity contribution in [2.75, 3.05) is 0 Å².